The van der Waals surface area contributed by atoms with Gasteiger partial charge in [-0.15, -0.1) is 0 Å². The van der Waals surface area contributed by atoms with Crippen LogP contribution in [-0.2, 0) is 0 Å². The molecule has 0 bridgehead atoms. The topological polar surface area (TPSA) is 69.2 Å². The molecule has 142 valence electrons. The molecule has 1 spiro atoms. The van der Waals surface area contributed by atoms with E-state index in [2.05, 4.69) is 39.6 Å². The van der Waals surface area contributed by atoms with Crippen molar-refractivity contribution in [3.63, 3.8) is 0 Å². The summed E-state index contributed by atoms with van der Waals surface area (Å²) in [5, 5.41) is 17.3. The van der Waals surface area contributed by atoms with Gasteiger partial charge < -0.3 is 10.2 Å². The van der Waals surface area contributed by atoms with Crippen molar-refractivity contribution < 1.29 is 0 Å². The van der Waals surface area contributed by atoms with Gasteiger partial charge in [0.25, 0.3) is 0 Å². The number of nitrogens with zero attached hydrogens (tertiary/aromatic N) is 5. The molecule has 1 atom stereocenters. The van der Waals surface area contributed by atoms with Crippen LogP contribution in [-0.4, -0.2) is 40.8 Å². The van der Waals surface area contributed by atoms with Gasteiger partial charge in [0.15, 0.2) is 0 Å². The highest BCUT2D eigenvalue weighted by Gasteiger charge is 2.39. The molecule has 2 aliphatic heterocycles. The number of piperidine rings is 1. The quantitative estimate of drug-likeness (QED) is 0.748. The summed E-state index contributed by atoms with van der Waals surface area (Å²) >= 11 is 0. The Morgan fingerprint density at radius 3 is 2.93 bits per heavy atom. The van der Waals surface area contributed by atoms with Crippen LogP contribution in [0.5, 0.6) is 0 Å². The number of aromatic nitrogens is 3. The van der Waals surface area contributed by atoms with E-state index >= 15 is 0 Å². The standard InChI is InChI=1S/C22H24N6/c1-16-9-19(21-18(10-23)12-26-28(21)13-16)17-3-4-20(25-11-17)27-8-6-22(15-27)5-2-7-24-14-22/h3-4,9,11-13,24H,2,5-8,14-15H2,1H3/t22-/m0/s1. The minimum Gasteiger partial charge on any atom is -0.356 e. The maximum atomic E-state index is 9.44. The fourth-order valence-electron chi connectivity index (χ4n) is 4.80. The second kappa shape index (κ2) is 6.61. The Labute approximate surface area is 164 Å². The highest BCUT2D eigenvalue weighted by molar-refractivity contribution is 5.84. The van der Waals surface area contributed by atoms with Gasteiger partial charge in [-0.3, -0.25) is 0 Å². The molecule has 2 fully saturated rings. The zero-order chi connectivity index (χ0) is 19.1. The molecule has 0 aromatic carbocycles. The number of anilines is 1. The molecule has 2 saturated heterocycles. The lowest BCUT2D eigenvalue weighted by Crippen LogP contribution is -2.42. The molecule has 0 unspecified atom stereocenters. The number of aryl methyl sites for hydroxylation is 1. The Hall–Kier alpha value is -2.91. The van der Waals surface area contributed by atoms with Gasteiger partial charge >= 0.3 is 0 Å². The van der Waals surface area contributed by atoms with E-state index in [1.165, 1.54) is 19.3 Å². The molecule has 3 aromatic rings. The molecule has 0 aliphatic carbocycles. The lowest BCUT2D eigenvalue weighted by molar-refractivity contribution is 0.239. The van der Waals surface area contributed by atoms with Crippen molar-refractivity contribution in [2.24, 2.45) is 5.41 Å². The Balaban J connectivity index is 1.46. The van der Waals surface area contributed by atoms with Crippen molar-refractivity contribution in [3.8, 4) is 17.2 Å². The summed E-state index contributed by atoms with van der Waals surface area (Å²) in [6.45, 7) is 6.48. The number of hydrogen-bond acceptors (Lipinski definition) is 5. The Morgan fingerprint density at radius 2 is 2.18 bits per heavy atom. The molecule has 5 heterocycles. The first-order valence-electron chi connectivity index (χ1n) is 9.98. The first-order valence-corrected chi connectivity index (χ1v) is 9.98. The Morgan fingerprint density at radius 1 is 1.25 bits per heavy atom. The van der Waals surface area contributed by atoms with E-state index in [0.717, 1.165) is 54.2 Å². The molecule has 1 N–H and O–H groups in total. The highest BCUT2D eigenvalue weighted by Crippen LogP contribution is 2.38. The number of rotatable bonds is 2. The molecular formula is C22H24N6. The van der Waals surface area contributed by atoms with Crippen molar-refractivity contribution in [2.45, 2.75) is 26.2 Å². The van der Waals surface area contributed by atoms with Gasteiger partial charge in [0.2, 0.25) is 0 Å². The second-order valence-electron chi connectivity index (χ2n) is 8.25. The van der Waals surface area contributed by atoms with Gasteiger partial charge in [-0.2, -0.15) is 10.4 Å². The van der Waals surface area contributed by atoms with E-state index in [1.807, 2.05) is 19.3 Å². The largest absolute Gasteiger partial charge is 0.356 e. The van der Waals surface area contributed by atoms with E-state index in [0.29, 0.717) is 11.0 Å². The van der Waals surface area contributed by atoms with Crippen molar-refractivity contribution in [1.82, 2.24) is 19.9 Å². The predicted molar refractivity (Wildman–Crippen MR) is 109 cm³/mol. The third-order valence-corrected chi connectivity index (χ3v) is 6.25. The summed E-state index contributed by atoms with van der Waals surface area (Å²) in [5.74, 6) is 1.05. The van der Waals surface area contributed by atoms with Gasteiger partial charge in [0.05, 0.1) is 17.3 Å². The molecule has 6 nitrogen and oxygen atoms in total. The molecule has 5 rings (SSSR count). The summed E-state index contributed by atoms with van der Waals surface area (Å²) < 4.78 is 1.79. The average molecular weight is 372 g/mol. The van der Waals surface area contributed by atoms with E-state index in [4.69, 9.17) is 4.98 Å². The number of fused-ring (bicyclic) bond motifs is 1. The van der Waals surface area contributed by atoms with Gasteiger partial charge in [0, 0.05) is 48.6 Å². The Bertz CT molecular complexity index is 1050. The van der Waals surface area contributed by atoms with Crippen LogP contribution in [0.4, 0.5) is 5.82 Å². The zero-order valence-corrected chi connectivity index (χ0v) is 16.1. The molecule has 6 heteroatoms. The number of pyridine rings is 2. The summed E-state index contributed by atoms with van der Waals surface area (Å²) in [6.07, 6.45) is 9.33. The van der Waals surface area contributed by atoms with Crippen LogP contribution in [0.25, 0.3) is 16.6 Å². The fourth-order valence-corrected chi connectivity index (χ4v) is 4.80. The first kappa shape index (κ1) is 17.2. The minimum atomic E-state index is 0.417. The molecule has 0 saturated carbocycles. The molecule has 28 heavy (non-hydrogen) atoms. The van der Waals surface area contributed by atoms with Gasteiger partial charge in [-0.1, -0.05) is 0 Å². The summed E-state index contributed by atoms with van der Waals surface area (Å²) in [5.41, 5.74) is 4.97. The molecule has 3 aromatic heterocycles. The normalized spacial score (nSPS) is 22.1. The van der Waals surface area contributed by atoms with Crippen molar-refractivity contribution in [3.05, 3.63) is 47.9 Å². The van der Waals surface area contributed by atoms with E-state index in [-0.39, 0.29) is 0 Å². The average Bonchev–Trinajstić information content (AvgIpc) is 3.32. The number of hydrogen-bond donors (Lipinski definition) is 1. The number of nitrogens with one attached hydrogen (secondary N) is 1. The van der Waals surface area contributed by atoms with Crippen molar-refractivity contribution in [1.29, 1.82) is 5.26 Å². The molecular weight excluding hydrogens is 348 g/mol. The number of nitriles is 1. The molecule has 0 amide bonds. The summed E-state index contributed by atoms with van der Waals surface area (Å²) in [4.78, 5) is 7.20. The van der Waals surface area contributed by atoms with E-state index < -0.39 is 0 Å². The van der Waals surface area contributed by atoms with E-state index in [9.17, 15) is 5.26 Å². The molecule has 2 aliphatic rings. The predicted octanol–water partition coefficient (Wildman–Crippen LogP) is 3.16. The van der Waals surface area contributed by atoms with Gasteiger partial charge in [0.1, 0.15) is 11.9 Å². The van der Waals surface area contributed by atoms with Crippen LogP contribution in [0, 0.1) is 23.7 Å². The second-order valence-corrected chi connectivity index (χ2v) is 8.25. The maximum Gasteiger partial charge on any atom is 0.128 e. The highest BCUT2D eigenvalue weighted by atomic mass is 15.2. The third-order valence-electron chi connectivity index (χ3n) is 6.25. The maximum absolute atomic E-state index is 9.44. The monoisotopic (exact) mass is 372 g/mol. The van der Waals surface area contributed by atoms with Crippen LogP contribution in [0.2, 0.25) is 0 Å². The fraction of sp³-hybridized carbons (Fsp3) is 0.409. The summed E-state index contributed by atoms with van der Waals surface area (Å²) in [7, 11) is 0. The van der Waals surface area contributed by atoms with E-state index in [1.54, 1.807) is 10.7 Å². The van der Waals surface area contributed by atoms with Crippen LogP contribution < -0.4 is 10.2 Å². The summed E-state index contributed by atoms with van der Waals surface area (Å²) in [6, 6.07) is 8.59. The zero-order valence-electron chi connectivity index (χ0n) is 16.1. The van der Waals surface area contributed by atoms with Crippen LogP contribution in [0.1, 0.15) is 30.4 Å². The minimum absolute atomic E-state index is 0.417. The Kier molecular flexibility index (Phi) is 4.06. The van der Waals surface area contributed by atoms with Gasteiger partial charge in [-0.25, -0.2) is 9.50 Å². The SMILES string of the molecule is Cc1cc(-c2ccc(N3CC[C@]4(CCCNC4)C3)nc2)c2c(C#N)cnn2c1. The molecule has 0 radical (unpaired) electrons. The smallest absolute Gasteiger partial charge is 0.128 e. The van der Waals surface area contributed by atoms with Crippen LogP contribution >= 0.6 is 0 Å². The van der Waals surface area contributed by atoms with Gasteiger partial charge in [-0.05, 0) is 56.5 Å². The van der Waals surface area contributed by atoms with Crippen LogP contribution in [0.15, 0.2) is 36.8 Å². The lowest BCUT2D eigenvalue weighted by Gasteiger charge is -2.33. The van der Waals surface area contributed by atoms with Crippen LogP contribution in [0.3, 0.4) is 0 Å². The third kappa shape index (κ3) is 2.83. The van der Waals surface area contributed by atoms with Crippen molar-refractivity contribution in [2.75, 3.05) is 31.1 Å². The first-order chi connectivity index (χ1) is 13.7. The lowest BCUT2D eigenvalue weighted by atomic mass is 9.80. The van der Waals surface area contributed by atoms with Crippen molar-refractivity contribution >= 4 is 11.3 Å².